The second-order valence-electron chi connectivity index (χ2n) is 5.80. The first-order valence-corrected chi connectivity index (χ1v) is 8.24. The van der Waals surface area contributed by atoms with E-state index in [1.807, 2.05) is 0 Å². The smallest absolute Gasteiger partial charge is 0.305 e. The molecule has 2 rings (SSSR count). The maximum absolute atomic E-state index is 12.2. The summed E-state index contributed by atoms with van der Waals surface area (Å²) < 4.78 is 4.43. The van der Waals surface area contributed by atoms with Gasteiger partial charge in [-0.1, -0.05) is 12.1 Å². The van der Waals surface area contributed by atoms with Crippen molar-refractivity contribution in [2.24, 2.45) is 0 Å². The molecule has 0 bridgehead atoms. The number of carbonyl (C=O) groups is 5. The third kappa shape index (κ3) is 4.75. The summed E-state index contributed by atoms with van der Waals surface area (Å²) in [6.07, 6.45) is 0.359. The van der Waals surface area contributed by atoms with Crippen LogP contribution in [0.15, 0.2) is 24.3 Å². The van der Waals surface area contributed by atoms with Crippen LogP contribution in [-0.2, 0) is 19.1 Å². The molecule has 0 unspecified atom stereocenters. The molecule has 26 heavy (non-hydrogen) atoms. The SMILES string of the molecule is COC(=O)CCC(=O)CNC(=O)CCCN1C(=O)c2ccccc2C1=O. The summed E-state index contributed by atoms with van der Waals surface area (Å²) in [6.45, 7) is -0.0289. The molecule has 0 aromatic heterocycles. The molecule has 8 nitrogen and oxygen atoms in total. The maximum atomic E-state index is 12.2. The van der Waals surface area contributed by atoms with Crippen LogP contribution >= 0.6 is 0 Å². The molecular formula is C18H20N2O6. The Kier molecular flexibility index (Phi) is 6.60. The standard InChI is InChI=1S/C18H20N2O6/c1-26-16(23)9-8-12(21)11-19-15(22)7-4-10-20-17(24)13-5-2-3-6-14(13)18(20)25/h2-3,5-6H,4,7-11H2,1H3,(H,19,22). The Bertz CT molecular complexity index is 708. The molecule has 1 N–H and O–H groups in total. The lowest BCUT2D eigenvalue weighted by molar-refractivity contribution is -0.141. The van der Waals surface area contributed by atoms with Gasteiger partial charge in [-0.15, -0.1) is 0 Å². The first-order chi connectivity index (χ1) is 12.4. The van der Waals surface area contributed by atoms with E-state index in [-0.39, 0.29) is 55.9 Å². The molecule has 0 aliphatic carbocycles. The zero-order valence-corrected chi connectivity index (χ0v) is 14.4. The largest absolute Gasteiger partial charge is 0.469 e. The number of Topliss-reactive ketones (excluding diaryl/α,β-unsaturated/α-hetero) is 1. The van der Waals surface area contributed by atoms with E-state index in [9.17, 15) is 24.0 Å². The highest BCUT2D eigenvalue weighted by molar-refractivity contribution is 6.21. The lowest BCUT2D eigenvalue weighted by atomic mass is 10.1. The number of fused-ring (bicyclic) bond motifs is 1. The minimum atomic E-state index is -0.481. The summed E-state index contributed by atoms with van der Waals surface area (Å²) in [5.41, 5.74) is 0.747. The van der Waals surface area contributed by atoms with Crippen molar-refractivity contribution < 1.29 is 28.7 Å². The van der Waals surface area contributed by atoms with Gasteiger partial charge < -0.3 is 10.1 Å². The van der Waals surface area contributed by atoms with Crippen LogP contribution in [0.3, 0.4) is 0 Å². The molecule has 8 heteroatoms. The molecule has 1 aliphatic rings. The van der Waals surface area contributed by atoms with Crippen molar-refractivity contribution in [1.29, 1.82) is 0 Å². The van der Waals surface area contributed by atoms with E-state index >= 15 is 0 Å². The van der Waals surface area contributed by atoms with Gasteiger partial charge in [0.25, 0.3) is 11.8 Å². The third-order valence-corrected chi connectivity index (χ3v) is 3.98. The topological polar surface area (TPSA) is 110 Å². The van der Waals surface area contributed by atoms with E-state index in [4.69, 9.17) is 0 Å². The van der Waals surface area contributed by atoms with Crippen LogP contribution in [0, 0.1) is 0 Å². The average molecular weight is 360 g/mol. The van der Waals surface area contributed by atoms with Gasteiger partial charge in [0.15, 0.2) is 5.78 Å². The van der Waals surface area contributed by atoms with Gasteiger partial charge in [0.2, 0.25) is 5.91 Å². The number of ether oxygens (including phenoxy) is 1. The van der Waals surface area contributed by atoms with Crippen molar-refractivity contribution in [3.63, 3.8) is 0 Å². The lowest BCUT2D eigenvalue weighted by Crippen LogP contribution is -2.33. The number of hydrogen-bond acceptors (Lipinski definition) is 6. The minimum absolute atomic E-state index is 0.00198. The molecule has 0 atom stereocenters. The lowest BCUT2D eigenvalue weighted by Gasteiger charge is -2.13. The van der Waals surface area contributed by atoms with E-state index in [0.29, 0.717) is 17.5 Å². The Morgan fingerprint density at radius 2 is 1.62 bits per heavy atom. The summed E-state index contributed by atoms with van der Waals surface area (Å²) in [6, 6.07) is 6.58. The number of esters is 1. The first kappa shape index (κ1) is 19.3. The summed E-state index contributed by atoms with van der Waals surface area (Å²) in [7, 11) is 1.24. The van der Waals surface area contributed by atoms with E-state index in [1.54, 1.807) is 24.3 Å². The number of methoxy groups -OCH3 is 1. The van der Waals surface area contributed by atoms with Crippen molar-refractivity contribution in [3.05, 3.63) is 35.4 Å². The number of nitrogens with zero attached hydrogens (tertiary/aromatic N) is 1. The average Bonchev–Trinajstić information content (AvgIpc) is 2.89. The van der Waals surface area contributed by atoms with Crippen LogP contribution in [-0.4, -0.2) is 54.6 Å². The number of benzene rings is 1. The first-order valence-electron chi connectivity index (χ1n) is 8.24. The van der Waals surface area contributed by atoms with Gasteiger partial charge in [-0.05, 0) is 18.6 Å². The zero-order chi connectivity index (χ0) is 19.1. The van der Waals surface area contributed by atoms with Gasteiger partial charge in [0.1, 0.15) is 0 Å². The van der Waals surface area contributed by atoms with Gasteiger partial charge in [0, 0.05) is 19.4 Å². The minimum Gasteiger partial charge on any atom is -0.469 e. The monoisotopic (exact) mass is 360 g/mol. The van der Waals surface area contributed by atoms with E-state index < -0.39 is 5.97 Å². The van der Waals surface area contributed by atoms with Crippen LogP contribution < -0.4 is 5.32 Å². The van der Waals surface area contributed by atoms with Gasteiger partial charge in [-0.3, -0.25) is 28.9 Å². The molecule has 0 fully saturated rings. The van der Waals surface area contributed by atoms with Crippen LogP contribution in [0.1, 0.15) is 46.4 Å². The van der Waals surface area contributed by atoms with E-state index in [0.717, 1.165) is 4.90 Å². The maximum Gasteiger partial charge on any atom is 0.305 e. The molecular weight excluding hydrogens is 340 g/mol. The van der Waals surface area contributed by atoms with Gasteiger partial charge in [0.05, 0.1) is 31.2 Å². The predicted octanol–water partition coefficient (Wildman–Crippen LogP) is 0.701. The van der Waals surface area contributed by atoms with Crippen molar-refractivity contribution in [2.45, 2.75) is 25.7 Å². The van der Waals surface area contributed by atoms with Crippen LogP contribution in [0.2, 0.25) is 0 Å². The van der Waals surface area contributed by atoms with Gasteiger partial charge in [-0.2, -0.15) is 0 Å². The van der Waals surface area contributed by atoms with Crippen LogP contribution in [0.25, 0.3) is 0 Å². The Morgan fingerprint density at radius 3 is 2.19 bits per heavy atom. The number of amides is 3. The van der Waals surface area contributed by atoms with Crippen LogP contribution in [0.4, 0.5) is 0 Å². The molecule has 1 aliphatic heterocycles. The number of carbonyl (C=O) groups excluding carboxylic acids is 5. The number of nitrogens with one attached hydrogen (secondary N) is 1. The van der Waals surface area contributed by atoms with Crippen molar-refractivity contribution in [1.82, 2.24) is 10.2 Å². The van der Waals surface area contributed by atoms with Crippen molar-refractivity contribution >= 4 is 29.5 Å². The normalized spacial score (nSPS) is 12.7. The summed E-state index contributed by atoms with van der Waals surface area (Å²) >= 11 is 0. The molecule has 3 amide bonds. The van der Waals surface area contributed by atoms with Gasteiger partial charge in [-0.25, -0.2) is 0 Å². The zero-order valence-electron chi connectivity index (χ0n) is 14.4. The molecule has 1 aromatic carbocycles. The molecule has 0 spiro atoms. The summed E-state index contributed by atoms with van der Waals surface area (Å²) in [4.78, 5) is 59.7. The number of imide groups is 1. The highest BCUT2D eigenvalue weighted by Gasteiger charge is 2.34. The molecule has 1 heterocycles. The van der Waals surface area contributed by atoms with E-state index in [2.05, 4.69) is 10.1 Å². The molecule has 0 saturated carbocycles. The quantitative estimate of drug-likeness (QED) is 0.513. The Morgan fingerprint density at radius 1 is 1.00 bits per heavy atom. The fraction of sp³-hybridized carbons (Fsp3) is 0.389. The second kappa shape index (κ2) is 8.89. The highest BCUT2D eigenvalue weighted by atomic mass is 16.5. The number of rotatable bonds is 9. The Balaban J connectivity index is 1.69. The molecule has 138 valence electrons. The second-order valence-corrected chi connectivity index (χ2v) is 5.80. The van der Waals surface area contributed by atoms with E-state index in [1.165, 1.54) is 7.11 Å². The summed E-state index contributed by atoms with van der Waals surface area (Å²) in [5, 5.41) is 2.46. The van der Waals surface area contributed by atoms with Crippen molar-refractivity contribution in [2.75, 3.05) is 20.2 Å². The van der Waals surface area contributed by atoms with Crippen LogP contribution in [0.5, 0.6) is 0 Å². The predicted molar refractivity (Wildman–Crippen MR) is 90.3 cm³/mol. The number of hydrogen-bond donors (Lipinski definition) is 1. The van der Waals surface area contributed by atoms with Crippen molar-refractivity contribution in [3.8, 4) is 0 Å². The fourth-order valence-electron chi connectivity index (χ4n) is 2.56. The fourth-order valence-corrected chi connectivity index (χ4v) is 2.56. The Hall–Kier alpha value is -3.03. The number of ketones is 1. The molecule has 0 radical (unpaired) electrons. The molecule has 0 saturated heterocycles. The third-order valence-electron chi connectivity index (χ3n) is 3.98. The Labute approximate surface area is 150 Å². The molecule has 1 aromatic rings. The highest BCUT2D eigenvalue weighted by Crippen LogP contribution is 2.22. The van der Waals surface area contributed by atoms with Gasteiger partial charge >= 0.3 is 5.97 Å². The summed E-state index contributed by atoms with van der Waals surface area (Å²) in [5.74, 6) is -1.82.